The van der Waals surface area contributed by atoms with Crippen LogP contribution in [0.1, 0.15) is 31.4 Å². The predicted octanol–water partition coefficient (Wildman–Crippen LogP) is 2.72. The second kappa shape index (κ2) is 6.92. The summed E-state index contributed by atoms with van der Waals surface area (Å²) < 4.78 is 5.51. The Bertz CT molecular complexity index is 396. The molecular weight excluding hydrogens is 236 g/mol. The molecule has 0 saturated carbocycles. The molecular formula is C16H26N2O. The zero-order valence-electron chi connectivity index (χ0n) is 12.4. The summed E-state index contributed by atoms with van der Waals surface area (Å²) in [6.45, 7) is 11.4. The SMILES string of the molecule is Cc1cc(N2CCCOCC2)ccc1CNC(C)C. The monoisotopic (exact) mass is 262 g/mol. The summed E-state index contributed by atoms with van der Waals surface area (Å²) in [5, 5.41) is 3.48. The highest BCUT2D eigenvalue weighted by Crippen LogP contribution is 2.20. The highest BCUT2D eigenvalue weighted by atomic mass is 16.5. The average Bonchev–Trinajstić information content (AvgIpc) is 2.66. The van der Waals surface area contributed by atoms with Crippen LogP contribution in [-0.4, -0.2) is 32.3 Å². The Balaban J connectivity index is 2.04. The van der Waals surface area contributed by atoms with E-state index in [9.17, 15) is 0 Å². The van der Waals surface area contributed by atoms with Gasteiger partial charge in [0.2, 0.25) is 0 Å². The molecule has 19 heavy (non-hydrogen) atoms. The van der Waals surface area contributed by atoms with Crippen LogP contribution in [0.2, 0.25) is 0 Å². The summed E-state index contributed by atoms with van der Waals surface area (Å²) in [4.78, 5) is 2.43. The van der Waals surface area contributed by atoms with Crippen LogP contribution in [0.4, 0.5) is 5.69 Å². The number of hydrogen-bond donors (Lipinski definition) is 1. The van der Waals surface area contributed by atoms with Crippen LogP contribution in [-0.2, 0) is 11.3 Å². The van der Waals surface area contributed by atoms with Gasteiger partial charge in [0.15, 0.2) is 0 Å². The van der Waals surface area contributed by atoms with Crippen LogP contribution in [0.15, 0.2) is 18.2 Å². The van der Waals surface area contributed by atoms with Crippen molar-refractivity contribution in [2.24, 2.45) is 0 Å². The van der Waals surface area contributed by atoms with Crippen LogP contribution in [0.5, 0.6) is 0 Å². The van der Waals surface area contributed by atoms with Gasteiger partial charge in [-0.1, -0.05) is 19.9 Å². The van der Waals surface area contributed by atoms with Crippen molar-refractivity contribution in [2.75, 3.05) is 31.2 Å². The van der Waals surface area contributed by atoms with Gasteiger partial charge < -0.3 is 15.0 Å². The number of nitrogens with one attached hydrogen (secondary N) is 1. The molecule has 3 heteroatoms. The first kappa shape index (κ1) is 14.4. The molecule has 2 rings (SSSR count). The van der Waals surface area contributed by atoms with Crippen molar-refractivity contribution >= 4 is 5.69 Å². The van der Waals surface area contributed by atoms with Gasteiger partial charge in [-0.3, -0.25) is 0 Å². The molecule has 1 N–H and O–H groups in total. The van der Waals surface area contributed by atoms with Crippen molar-refractivity contribution in [2.45, 2.75) is 39.8 Å². The Morgan fingerprint density at radius 3 is 2.84 bits per heavy atom. The van der Waals surface area contributed by atoms with E-state index in [2.05, 4.69) is 49.2 Å². The normalized spacial score (nSPS) is 16.7. The highest BCUT2D eigenvalue weighted by Gasteiger charge is 2.11. The maximum Gasteiger partial charge on any atom is 0.0641 e. The summed E-state index contributed by atoms with van der Waals surface area (Å²) >= 11 is 0. The van der Waals surface area contributed by atoms with E-state index < -0.39 is 0 Å². The molecule has 1 aromatic rings. The molecule has 0 atom stereocenters. The average molecular weight is 262 g/mol. The number of aryl methyl sites for hydroxylation is 1. The molecule has 1 aliphatic rings. The minimum absolute atomic E-state index is 0.529. The molecule has 0 bridgehead atoms. The first-order valence-corrected chi connectivity index (χ1v) is 7.32. The van der Waals surface area contributed by atoms with Gasteiger partial charge in [-0.25, -0.2) is 0 Å². The zero-order chi connectivity index (χ0) is 13.7. The van der Waals surface area contributed by atoms with E-state index in [1.54, 1.807) is 0 Å². The molecule has 1 aliphatic heterocycles. The van der Waals surface area contributed by atoms with E-state index in [4.69, 9.17) is 4.74 Å². The molecule has 0 aromatic heterocycles. The lowest BCUT2D eigenvalue weighted by Crippen LogP contribution is -2.26. The van der Waals surface area contributed by atoms with Gasteiger partial charge >= 0.3 is 0 Å². The smallest absolute Gasteiger partial charge is 0.0641 e. The Morgan fingerprint density at radius 1 is 1.26 bits per heavy atom. The molecule has 0 aliphatic carbocycles. The van der Waals surface area contributed by atoms with E-state index in [1.807, 2.05) is 0 Å². The van der Waals surface area contributed by atoms with Crippen molar-refractivity contribution in [3.8, 4) is 0 Å². The van der Waals surface area contributed by atoms with Gasteiger partial charge in [-0.2, -0.15) is 0 Å². The number of anilines is 1. The first-order valence-electron chi connectivity index (χ1n) is 7.32. The van der Waals surface area contributed by atoms with Crippen LogP contribution in [0.25, 0.3) is 0 Å². The fourth-order valence-corrected chi connectivity index (χ4v) is 2.39. The van der Waals surface area contributed by atoms with Crippen molar-refractivity contribution < 1.29 is 4.74 Å². The minimum Gasteiger partial charge on any atom is -0.380 e. The Morgan fingerprint density at radius 2 is 2.11 bits per heavy atom. The van der Waals surface area contributed by atoms with Crippen LogP contribution >= 0.6 is 0 Å². The predicted molar refractivity (Wildman–Crippen MR) is 80.8 cm³/mol. The highest BCUT2D eigenvalue weighted by molar-refractivity contribution is 5.51. The number of hydrogen-bond acceptors (Lipinski definition) is 3. The maximum atomic E-state index is 5.51. The van der Waals surface area contributed by atoms with Crippen LogP contribution < -0.4 is 10.2 Å². The molecule has 106 valence electrons. The van der Waals surface area contributed by atoms with E-state index in [-0.39, 0.29) is 0 Å². The first-order chi connectivity index (χ1) is 9.16. The molecule has 1 fully saturated rings. The Hall–Kier alpha value is -1.06. The van der Waals surface area contributed by atoms with Crippen molar-refractivity contribution in [3.63, 3.8) is 0 Å². The van der Waals surface area contributed by atoms with Crippen molar-refractivity contribution in [3.05, 3.63) is 29.3 Å². The van der Waals surface area contributed by atoms with Crippen LogP contribution in [0.3, 0.4) is 0 Å². The van der Waals surface area contributed by atoms with E-state index in [0.717, 1.165) is 39.3 Å². The third kappa shape index (κ3) is 4.22. The molecule has 0 unspecified atom stereocenters. The number of ether oxygens (including phenoxy) is 1. The van der Waals surface area contributed by atoms with Gasteiger partial charge in [0.1, 0.15) is 0 Å². The molecule has 3 nitrogen and oxygen atoms in total. The second-order valence-corrected chi connectivity index (χ2v) is 5.60. The van der Waals surface area contributed by atoms with E-state index in [0.29, 0.717) is 6.04 Å². The third-order valence-corrected chi connectivity index (χ3v) is 3.61. The lowest BCUT2D eigenvalue weighted by Gasteiger charge is -2.23. The summed E-state index contributed by atoms with van der Waals surface area (Å²) in [6, 6.07) is 7.34. The topological polar surface area (TPSA) is 24.5 Å². The third-order valence-electron chi connectivity index (χ3n) is 3.61. The Kier molecular flexibility index (Phi) is 5.23. The fraction of sp³-hybridized carbons (Fsp3) is 0.625. The molecule has 1 saturated heterocycles. The largest absolute Gasteiger partial charge is 0.380 e. The number of nitrogens with zero attached hydrogens (tertiary/aromatic N) is 1. The number of benzene rings is 1. The summed E-state index contributed by atoms with van der Waals surface area (Å²) in [5.41, 5.74) is 4.09. The molecule has 0 radical (unpaired) electrons. The minimum atomic E-state index is 0.529. The summed E-state index contributed by atoms with van der Waals surface area (Å²) in [5.74, 6) is 0. The quantitative estimate of drug-likeness (QED) is 0.903. The van der Waals surface area contributed by atoms with Crippen molar-refractivity contribution in [1.82, 2.24) is 5.32 Å². The Labute approximate surface area is 116 Å². The molecule has 1 aromatic carbocycles. The summed E-state index contributed by atoms with van der Waals surface area (Å²) in [7, 11) is 0. The van der Waals surface area contributed by atoms with Gasteiger partial charge in [-0.05, 0) is 36.6 Å². The summed E-state index contributed by atoms with van der Waals surface area (Å²) in [6.07, 6.45) is 1.12. The fourth-order valence-electron chi connectivity index (χ4n) is 2.39. The standard InChI is InChI=1S/C16H26N2O/c1-13(2)17-12-15-5-6-16(11-14(15)3)18-7-4-9-19-10-8-18/h5-6,11,13,17H,4,7-10,12H2,1-3H3. The maximum absolute atomic E-state index is 5.51. The van der Waals surface area contributed by atoms with Gasteiger partial charge in [-0.15, -0.1) is 0 Å². The lowest BCUT2D eigenvalue weighted by atomic mass is 10.1. The van der Waals surface area contributed by atoms with E-state index in [1.165, 1.54) is 16.8 Å². The molecule has 0 amide bonds. The lowest BCUT2D eigenvalue weighted by molar-refractivity contribution is 0.152. The van der Waals surface area contributed by atoms with Gasteiger partial charge in [0.25, 0.3) is 0 Å². The zero-order valence-corrected chi connectivity index (χ0v) is 12.4. The second-order valence-electron chi connectivity index (χ2n) is 5.60. The number of rotatable bonds is 4. The van der Waals surface area contributed by atoms with Gasteiger partial charge in [0.05, 0.1) is 6.61 Å². The van der Waals surface area contributed by atoms with Gasteiger partial charge in [0, 0.05) is 38.0 Å². The molecule has 0 spiro atoms. The molecule has 1 heterocycles. The van der Waals surface area contributed by atoms with Crippen LogP contribution in [0, 0.1) is 6.92 Å². The van der Waals surface area contributed by atoms with E-state index >= 15 is 0 Å². The van der Waals surface area contributed by atoms with Crippen molar-refractivity contribution in [1.29, 1.82) is 0 Å².